The summed E-state index contributed by atoms with van der Waals surface area (Å²) in [6.45, 7) is 0.448. The van der Waals surface area contributed by atoms with Gasteiger partial charge in [-0.15, -0.1) is 11.3 Å². The maximum atomic E-state index is 11.7. The number of rotatable bonds is 3. The number of carbonyl (C=O) groups is 2. The Labute approximate surface area is 128 Å². The molecule has 8 heteroatoms. The third kappa shape index (κ3) is 2.33. The summed E-state index contributed by atoms with van der Waals surface area (Å²) >= 11 is 1.24. The molecular formula is C14H10N2O5S. The van der Waals surface area contributed by atoms with Gasteiger partial charge in [-0.05, 0) is 23.3 Å². The van der Waals surface area contributed by atoms with Crippen LogP contribution >= 0.6 is 11.3 Å². The monoisotopic (exact) mass is 318 g/mol. The molecule has 0 spiro atoms. The van der Waals surface area contributed by atoms with E-state index in [-0.39, 0.29) is 17.2 Å². The largest absolute Gasteiger partial charge is 0.465 e. The van der Waals surface area contributed by atoms with E-state index in [1.54, 1.807) is 6.07 Å². The number of fused-ring (bicyclic) bond motifs is 1. The highest BCUT2D eigenvalue weighted by atomic mass is 32.1. The van der Waals surface area contributed by atoms with E-state index in [1.165, 1.54) is 36.6 Å². The van der Waals surface area contributed by atoms with Gasteiger partial charge in [-0.25, -0.2) is 4.79 Å². The minimum Gasteiger partial charge on any atom is -0.465 e. The third-order valence-electron chi connectivity index (χ3n) is 3.29. The quantitative estimate of drug-likeness (QED) is 0.532. The van der Waals surface area contributed by atoms with Crippen LogP contribution in [0.1, 0.15) is 25.6 Å². The number of non-ortho nitro benzene ring substituents is 1. The molecule has 1 aliphatic rings. The van der Waals surface area contributed by atoms with Crippen LogP contribution in [0, 0.1) is 10.1 Å². The Hall–Kier alpha value is -2.74. The first kappa shape index (κ1) is 14.2. The highest BCUT2D eigenvalue weighted by Crippen LogP contribution is 2.36. The summed E-state index contributed by atoms with van der Waals surface area (Å²) in [4.78, 5) is 35.0. The number of carbonyl (C=O) groups excluding carboxylic acids is 2. The normalized spacial score (nSPS) is 12.7. The third-order valence-corrected chi connectivity index (χ3v) is 4.51. The minimum absolute atomic E-state index is 0.102. The lowest BCUT2D eigenvalue weighted by atomic mass is 10.1. The van der Waals surface area contributed by atoms with Crippen molar-refractivity contribution in [3.63, 3.8) is 0 Å². The molecule has 7 nitrogen and oxygen atoms in total. The highest BCUT2D eigenvalue weighted by molar-refractivity contribution is 7.17. The molecule has 112 valence electrons. The van der Waals surface area contributed by atoms with Gasteiger partial charge in [-0.2, -0.15) is 0 Å². The smallest absolute Gasteiger partial charge is 0.338 e. The van der Waals surface area contributed by atoms with E-state index in [9.17, 15) is 19.7 Å². The summed E-state index contributed by atoms with van der Waals surface area (Å²) in [5.41, 5.74) is 1.28. The molecular weight excluding hydrogens is 308 g/mol. The van der Waals surface area contributed by atoms with Crippen LogP contribution in [0.5, 0.6) is 0 Å². The summed E-state index contributed by atoms with van der Waals surface area (Å²) in [5, 5.41) is 13.7. The van der Waals surface area contributed by atoms with E-state index in [4.69, 9.17) is 0 Å². The number of hydrogen-bond donors (Lipinski definition) is 1. The average molecular weight is 318 g/mol. The molecule has 0 radical (unpaired) electrons. The van der Waals surface area contributed by atoms with Crippen molar-refractivity contribution in [2.24, 2.45) is 0 Å². The first-order chi connectivity index (χ1) is 10.5. The molecule has 1 amide bonds. The van der Waals surface area contributed by atoms with Crippen molar-refractivity contribution in [2.45, 2.75) is 6.54 Å². The predicted octanol–water partition coefficient (Wildman–Crippen LogP) is 2.35. The number of ether oxygens (including phenoxy) is 1. The number of benzene rings is 1. The summed E-state index contributed by atoms with van der Waals surface area (Å²) in [6, 6.07) is 5.88. The molecule has 1 N–H and O–H groups in total. The van der Waals surface area contributed by atoms with Crippen molar-refractivity contribution in [1.82, 2.24) is 5.32 Å². The van der Waals surface area contributed by atoms with E-state index in [1.807, 2.05) is 0 Å². The summed E-state index contributed by atoms with van der Waals surface area (Å²) in [7, 11) is 1.21. The Kier molecular flexibility index (Phi) is 3.38. The second-order valence-corrected chi connectivity index (χ2v) is 5.72. The maximum absolute atomic E-state index is 11.7. The van der Waals surface area contributed by atoms with Gasteiger partial charge in [0.25, 0.3) is 11.6 Å². The van der Waals surface area contributed by atoms with Crippen molar-refractivity contribution in [2.75, 3.05) is 7.11 Å². The number of nitro groups is 1. The molecule has 1 aromatic carbocycles. The molecule has 0 fully saturated rings. The fraction of sp³-hybridized carbons (Fsp3) is 0.143. The molecule has 0 saturated heterocycles. The average Bonchev–Trinajstić information content (AvgIpc) is 3.08. The number of hydrogen-bond acceptors (Lipinski definition) is 6. The lowest BCUT2D eigenvalue weighted by Crippen LogP contribution is -2.12. The van der Waals surface area contributed by atoms with Crippen LogP contribution in [-0.2, 0) is 11.3 Å². The summed E-state index contributed by atoms with van der Waals surface area (Å²) < 4.78 is 4.62. The molecule has 1 aromatic heterocycles. The van der Waals surface area contributed by atoms with E-state index < -0.39 is 10.9 Å². The van der Waals surface area contributed by atoms with Gasteiger partial charge in [-0.3, -0.25) is 14.9 Å². The number of amides is 1. The zero-order chi connectivity index (χ0) is 15.9. The zero-order valence-electron chi connectivity index (χ0n) is 11.4. The van der Waals surface area contributed by atoms with Crippen LogP contribution in [0.3, 0.4) is 0 Å². The summed E-state index contributed by atoms with van der Waals surface area (Å²) in [6.07, 6.45) is 0. The molecule has 2 heterocycles. The number of nitro benzene ring substituents is 1. The minimum atomic E-state index is -0.646. The van der Waals surface area contributed by atoms with E-state index in [0.29, 0.717) is 21.9 Å². The molecule has 0 aliphatic carbocycles. The van der Waals surface area contributed by atoms with E-state index >= 15 is 0 Å². The molecule has 0 atom stereocenters. The number of methoxy groups -OCH3 is 1. The van der Waals surface area contributed by atoms with Gasteiger partial charge < -0.3 is 10.1 Å². The van der Waals surface area contributed by atoms with E-state index in [0.717, 1.165) is 5.56 Å². The van der Waals surface area contributed by atoms with E-state index in [2.05, 4.69) is 10.1 Å². The first-order valence-corrected chi connectivity index (χ1v) is 7.10. The molecule has 22 heavy (non-hydrogen) atoms. The summed E-state index contributed by atoms with van der Waals surface area (Å²) in [5.74, 6) is -0.795. The molecule has 3 rings (SSSR count). The Bertz CT molecular complexity index is 812. The molecule has 0 bridgehead atoms. The highest BCUT2D eigenvalue weighted by Gasteiger charge is 2.24. The van der Waals surface area contributed by atoms with Gasteiger partial charge in [0.2, 0.25) is 0 Å². The first-order valence-electron chi connectivity index (χ1n) is 6.28. The van der Waals surface area contributed by atoms with Crippen LogP contribution in [0.15, 0.2) is 24.3 Å². The number of nitrogens with one attached hydrogen (secondary N) is 1. The van der Waals surface area contributed by atoms with Crippen molar-refractivity contribution >= 4 is 28.9 Å². The fourth-order valence-electron chi connectivity index (χ4n) is 2.24. The van der Waals surface area contributed by atoms with Crippen LogP contribution in [0.4, 0.5) is 5.69 Å². The Morgan fingerprint density at radius 1 is 1.36 bits per heavy atom. The van der Waals surface area contributed by atoms with Crippen LogP contribution in [-0.4, -0.2) is 23.9 Å². The fourth-order valence-corrected chi connectivity index (χ4v) is 3.33. The SMILES string of the molecule is COC(=O)c1cc(-c2cc3c(s2)C(=O)NC3)cc([N+](=O)[O-])c1. The number of thiophene rings is 1. The lowest BCUT2D eigenvalue weighted by molar-refractivity contribution is -0.384. The zero-order valence-corrected chi connectivity index (χ0v) is 12.2. The van der Waals surface area contributed by atoms with Crippen LogP contribution in [0.2, 0.25) is 0 Å². The lowest BCUT2D eigenvalue weighted by Gasteiger charge is -2.03. The Balaban J connectivity index is 2.11. The van der Waals surface area contributed by atoms with Crippen molar-refractivity contribution in [3.05, 3.63) is 50.4 Å². The number of nitrogens with zero attached hydrogens (tertiary/aromatic N) is 1. The van der Waals surface area contributed by atoms with Gasteiger partial charge >= 0.3 is 5.97 Å². The Morgan fingerprint density at radius 2 is 2.14 bits per heavy atom. The molecule has 0 saturated carbocycles. The maximum Gasteiger partial charge on any atom is 0.338 e. The van der Waals surface area contributed by atoms with Crippen molar-refractivity contribution in [3.8, 4) is 10.4 Å². The van der Waals surface area contributed by atoms with Gasteiger partial charge in [0, 0.05) is 23.6 Å². The standard InChI is InChI=1S/C14H10N2O5S/c1-21-14(18)8-2-7(3-10(4-8)16(19)20)11-5-9-6-15-13(17)12(9)22-11/h2-5H,6H2,1H3,(H,15,17). The van der Waals surface area contributed by atoms with Crippen molar-refractivity contribution < 1.29 is 19.2 Å². The van der Waals surface area contributed by atoms with Gasteiger partial charge in [0.15, 0.2) is 0 Å². The predicted molar refractivity (Wildman–Crippen MR) is 78.9 cm³/mol. The topological polar surface area (TPSA) is 98.5 Å². The molecule has 1 aliphatic heterocycles. The van der Waals surface area contributed by atoms with Gasteiger partial charge in [0.05, 0.1) is 22.5 Å². The Morgan fingerprint density at radius 3 is 2.77 bits per heavy atom. The van der Waals surface area contributed by atoms with Gasteiger partial charge in [0.1, 0.15) is 0 Å². The van der Waals surface area contributed by atoms with Gasteiger partial charge in [-0.1, -0.05) is 0 Å². The van der Waals surface area contributed by atoms with Crippen molar-refractivity contribution in [1.29, 1.82) is 0 Å². The second-order valence-electron chi connectivity index (χ2n) is 4.66. The number of esters is 1. The molecule has 0 unspecified atom stereocenters. The van der Waals surface area contributed by atoms with Crippen LogP contribution in [0.25, 0.3) is 10.4 Å². The van der Waals surface area contributed by atoms with Crippen LogP contribution < -0.4 is 5.32 Å². The second kappa shape index (κ2) is 5.23. The molecule has 2 aromatic rings.